The molecule has 0 radical (unpaired) electrons. The Morgan fingerprint density at radius 2 is 2.06 bits per heavy atom. The molecule has 1 heterocycles. The van der Waals surface area contributed by atoms with Crippen LogP contribution in [0.2, 0.25) is 0 Å². The van der Waals surface area contributed by atoms with E-state index in [1.165, 1.54) is 18.3 Å². The second kappa shape index (κ2) is 4.78. The highest BCUT2D eigenvalue weighted by molar-refractivity contribution is 7.89. The van der Waals surface area contributed by atoms with Gasteiger partial charge in [-0.1, -0.05) is 17.7 Å². The van der Waals surface area contributed by atoms with Gasteiger partial charge in [0.2, 0.25) is 0 Å². The lowest BCUT2D eigenvalue weighted by Crippen LogP contribution is -2.37. The molecule has 18 heavy (non-hydrogen) atoms. The lowest BCUT2D eigenvalue weighted by Gasteiger charge is -2.26. The third-order valence-corrected chi connectivity index (χ3v) is 4.45. The van der Waals surface area contributed by atoms with Gasteiger partial charge in [0.15, 0.2) is 6.04 Å². The Balaban J connectivity index is 2.42. The molecule has 0 aromatic heterocycles. The van der Waals surface area contributed by atoms with Gasteiger partial charge in [-0.2, -0.15) is 23.2 Å². The summed E-state index contributed by atoms with van der Waals surface area (Å²) in [6.45, 7) is 1.88. The van der Waals surface area contributed by atoms with Gasteiger partial charge in [0.05, 0.1) is 11.0 Å². The third kappa shape index (κ3) is 2.22. The fourth-order valence-corrected chi connectivity index (χ4v) is 3.10. The first-order chi connectivity index (χ1) is 8.55. The average molecular weight is 263 g/mol. The first kappa shape index (κ1) is 12.6. The molecule has 0 spiro atoms. The highest BCUT2D eigenvalue weighted by atomic mass is 32.2. The van der Waals surface area contributed by atoms with Gasteiger partial charge in [-0.15, -0.1) is 0 Å². The van der Waals surface area contributed by atoms with E-state index >= 15 is 0 Å². The van der Waals surface area contributed by atoms with Crippen LogP contribution in [0, 0.1) is 18.3 Å². The molecule has 0 N–H and O–H groups in total. The van der Waals surface area contributed by atoms with E-state index in [1.807, 2.05) is 13.0 Å². The van der Waals surface area contributed by atoms with E-state index in [9.17, 15) is 8.42 Å². The number of aryl methyl sites for hydroxylation is 1. The van der Waals surface area contributed by atoms with Crippen LogP contribution in [0.25, 0.3) is 0 Å². The van der Waals surface area contributed by atoms with E-state index in [2.05, 4.69) is 5.10 Å². The molecule has 5 nitrogen and oxygen atoms in total. The van der Waals surface area contributed by atoms with E-state index in [1.54, 1.807) is 12.1 Å². The van der Waals surface area contributed by atoms with Crippen LogP contribution in [-0.2, 0) is 10.0 Å². The van der Waals surface area contributed by atoms with Gasteiger partial charge in [0, 0.05) is 6.21 Å². The van der Waals surface area contributed by atoms with Gasteiger partial charge in [-0.3, -0.25) is 0 Å². The van der Waals surface area contributed by atoms with Crippen LogP contribution in [0.15, 0.2) is 34.3 Å². The van der Waals surface area contributed by atoms with Crippen LogP contribution >= 0.6 is 0 Å². The summed E-state index contributed by atoms with van der Waals surface area (Å²) in [5, 5.41) is 12.8. The number of hydrogen-bond donors (Lipinski definition) is 0. The topological polar surface area (TPSA) is 73.5 Å². The minimum absolute atomic E-state index is 0.160. The summed E-state index contributed by atoms with van der Waals surface area (Å²) in [7, 11) is -3.73. The maximum absolute atomic E-state index is 12.3. The summed E-state index contributed by atoms with van der Waals surface area (Å²) in [5.41, 5.74) is 0.980. The zero-order valence-corrected chi connectivity index (χ0v) is 10.8. The quantitative estimate of drug-likeness (QED) is 0.814. The lowest BCUT2D eigenvalue weighted by atomic mass is 10.2. The van der Waals surface area contributed by atoms with Gasteiger partial charge >= 0.3 is 0 Å². The number of benzene rings is 1. The highest BCUT2D eigenvalue weighted by Crippen LogP contribution is 2.22. The molecule has 1 aliphatic rings. The molecule has 1 atom stereocenters. The Morgan fingerprint density at radius 1 is 1.39 bits per heavy atom. The number of sulfonamides is 1. The van der Waals surface area contributed by atoms with E-state index in [4.69, 9.17) is 5.26 Å². The summed E-state index contributed by atoms with van der Waals surface area (Å²) >= 11 is 0. The SMILES string of the molecule is Cc1ccc(S(=O)(=O)N2N=CCCC2C#N)cc1. The maximum Gasteiger partial charge on any atom is 0.280 e. The second-order valence-corrected chi connectivity index (χ2v) is 5.91. The van der Waals surface area contributed by atoms with Crippen molar-refractivity contribution in [1.29, 1.82) is 5.26 Å². The molecule has 2 rings (SSSR count). The lowest BCUT2D eigenvalue weighted by molar-refractivity contribution is 0.359. The molecule has 1 aromatic carbocycles. The van der Waals surface area contributed by atoms with Crippen LogP contribution in [0.5, 0.6) is 0 Å². The van der Waals surface area contributed by atoms with E-state index in [0.717, 1.165) is 9.98 Å². The Hall–Kier alpha value is -1.87. The van der Waals surface area contributed by atoms with Crippen LogP contribution in [0.4, 0.5) is 0 Å². The number of hydrogen-bond acceptors (Lipinski definition) is 4. The molecule has 0 bridgehead atoms. The number of nitrogens with zero attached hydrogens (tertiary/aromatic N) is 3. The first-order valence-corrected chi connectivity index (χ1v) is 7.03. The van der Waals surface area contributed by atoms with Crippen LogP contribution in [-0.4, -0.2) is 25.1 Å². The third-order valence-electron chi connectivity index (χ3n) is 2.75. The van der Waals surface area contributed by atoms with Gasteiger partial charge in [-0.25, -0.2) is 0 Å². The van der Waals surface area contributed by atoms with Gasteiger partial charge in [-0.05, 0) is 31.9 Å². The monoisotopic (exact) mass is 263 g/mol. The summed E-state index contributed by atoms with van der Waals surface area (Å²) < 4.78 is 25.6. The molecule has 1 aliphatic heterocycles. The van der Waals surface area contributed by atoms with Gasteiger partial charge in [0.1, 0.15) is 0 Å². The predicted molar refractivity (Wildman–Crippen MR) is 67.3 cm³/mol. The van der Waals surface area contributed by atoms with E-state index in [-0.39, 0.29) is 4.90 Å². The average Bonchev–Trinajstić information content (AvgIpc) is 2.39. The maximum atomic E-state index is 12.3. The fourth-order valence-electron chi connectivity index (χ4n) is 1.72. The van der Waals surface area contributed by atoms with Gasteiger partial charge in [0.25, 0.3) is 10.0 Å². The highest BCUT2D eigenvalue weighted by Gasteiger charge is 2.31. The van der Waals surface area contributed by atoms with Crippen LogP contribution in [0.1, 0.15) is 18.4 Å². The molecule has 0 saturated carbocycles. The Morgan fingerprint density at radius 3 is 2.67 bits per heavy atom. The summed E-state index contributed by atoms with van der Waals surface area (Å²) in [6, 6.07) is 7.76. The van der Waals surface area contributed by atoms with Gasteiger partial charge < -0.3 is 0 Å². The minimum Gasteiger partial charge on any atom is -0.200 e. The Bertz CT molecular complexity index is 599. The molecular weight excluding hydrogens is 250 g/mol. The molecule has 0 fully saturated rings. The van der Waals surface area contributed by atoms with E-state index < -0.39 is 16.1 Å². The van der Waals surface area contributed by atoms with Crippen molar-refractivity contribution in [3.63, 3.8) is 0 Å². The van der Waals surface area contributed by atoms with Crippen LogP contribution < -0.4 is 0 Å². The van der Waals surface area contributed by atoms with Crippen LogP contribution in [0.3, 0.4) is 0 Å². The standard InChI is InChI=1S/C12H13N3O2S/c1-10-4-6-12(7-5-10)18(16,17)15-11(9-13)3-2-8-14-15/h4-8,11H,2-3H2,1H3. The van der Waals surface area contributed by atoms with Crippen molar-refractivity contribution in [2.45, 2.75) is 30.7 Å². The minimum atomic E-state index is -3.73. The molecule has 6 heteroatoms. The normalized spacial score (nSPS) is 19.6. The summed E-state index contributed by atoms with van der Waals surface area (Å²) in [4.78, 5) is 0.160. The Kier molecular flexibility index (Phi) is 3.34. The predicted octanol–water partition coefficient (Wildman–Crippen LogP) is 1.66. The Labute approximate surface area is 106 Å². The number of hydrazone groups is 1. The second-order valence-electron chi connectivity index (χ2n) is 4.11. The zero-order valence-electron chi connectivity index (χ0n) is 9.94. The zero-order chi connectivity index (χ0) is 13.2. The largest absolute Gasteiger partial charge is 0.280 e. The summed E-state index contributed by atoms with van der Waals surface area (Å²) in [5.74, 6) is 0. The van der Waals surface area contributed by atoms with Crippen molar-refractivity contribution >= 4 is 16.2 Å². The van der Waals surface area contributed by atoms with Crippen molar-refractivity contribution in [3.8, 4) is 6.07 Å². The smallest absolute Gasteiger partial charge is 0.200 e. The molecular formula is C12H13N3O2S. The molecule has 1 unspecified atom stereocenters. The fraction of sp³-hybridized carbons (Fsp3) is 0.333. The van der Waals surface area contributed by atoms with E-state index in [0.29, 0.717) is 12.8 Å². The molecule has 0 amide bonds. The van der Waals surface area contributed by atoms with Crippen molar-refractivity contribution in [2.75, 3.05) is 0 Å². The summed E-state index contributed by atoms with van der Waals surface area (Å²) in [6.07, 6.45) is 2.63. The molecule has 1 aromatic rings. The van der Waals surface area contributed by atoms with Crippen molar-refractivity contribution in [1.82, 2.24) is 4.41 Å². The first-order valence-electron chi connectivity index (χ1n) is 5.59. The number of rotatable bonds is 2. The molecule has 0 aliphatic carbocycles. The van der Waals surface area contributed by atoms with Crippen molar-refractivity contribution in [2.24, 2.45) is 5.10 Å². The van der Waals surface area contributed by atoms with Crippen molar-refractivity contribution < 1.29 is 8.42 Å². The number of nitriles is 1. The molecule has 94 valence electrons. The molecule has 0 saturated heterocycles. The van der Waals surface area contributed by atoms with Crippen molar-refractivity contribution in [3.05, 3.63) is 29.8 Å².